The quantitative estimate of drug-likeness (QED) is 0.176. The lowest BCUT2D eigenvalue weighted by Crippen LogP contribution is -2.04. The molecule has 0 aliphatic rings. The second-order valence-electron chi connectivity index (χ2n) is 13.0. The third kappa shape index (κ3) is 3.21. The van der Waals surface area contributed by atoms with Gasteiger partial charge in [0.05, 0.1) is 45.6 Å². The number of nitrogens with zero attached hydrogens (tertiary/aromatic N) is 4. The fourth-order valence-corrected chi connectivity index (χ4v) is 8.56. The van der Waals surface area contributed by atoms with Crippen LogP contribution in [0.5, 0.6) is 0 Å². The first-order valence-corrected chi connectivity index (χ1v) is 16.7. The van der Waals surface area contributed by atoms with E-state index < -0.39 is 18.1 Å². The fraction of sp³-hybridized carbons (Fsp3) is 0. The maximum absolute atomic E-state index is 9.06. The summed E-state index contributed by atoms with van der Waals surface area (Å²) in [6.45, 7) is 0. The molecule has 4 heteroatoms. The van der Waals surface area contributed by atoms with Crippen molar-refractivity contribution in [1.29, 1.82) is 0 Å². The Balaban J connectivity index is 1.37. The third-order valence-corrected chi connectivity index (χ3v) is 10.5. The molecule has 12 rings (SSSR count). The molecule has 0 aliphatic carbocycles. The minimum atomic E-state index is -0.447. The van der Waals surface area contributed by atoms with Gasteiger partial charge in [-0.05, 0) is 34.4 Å². The summed E-state index contributed by atoms with van der Waals surface area (Å²) in [6.07, 6.45) is 0. The Labute approximate surface area is 292 Å². The summed E-state index contributed by atoms with van der Waals surface area (Å²) in [5.74, 6) is 0.345. The van der Waals surface area contributed by atoms with Crippen LogP contribution in [0.1, 0.15) is 6.85 Å². The first-order chi connectivity index (χ1) is 26.9. The van der Waals surface area contributed by atoms with Crippen LogP contribution in [0.3, 0.4) is 0 Å². The van der Waals surface area contributed by atoms with E-state index in [1.54, 1.807) is 0 Å². The average Bonchev–Trinajstić information content (AvgIpc) is 3.88. The monoisotopic (exact) mass is 639 g/mol. The van der Waals surface area contributed by atoms with Gasteiger partial charge < -0.3 is 4.40 Å². The van der Waals surface area contributed by atoms with Crippen LogP contribution in [0.4, 0.5) is 0 Å². The number of hydrogen-bond acceptors (Lipinski definition) is 2. The molecule has 0 spiro atoms. The molecule has 0 radical (unpaired) electrons. The molecule has 0 saturated heterocycles. The van der Waals surface area contributed by atoms with Crippen molar-refractivity contribution in [3.8, 4) is 17.2 Å². The van der Waals surface area contributed by atoms with E-state index in [1.807, 2.05) is 42.5 Å². The molecule has 0 amide bonds. The Morgan fingerprint density at radius 3 is 1.90 bits per heavy atom. The van der Waals surface area contributed by atoms with Crippen LogP contribution in [-0.4, -0.2) is 18.9 Å². The van der Waals surface area contributed by atoms with Crippen LogP contribution < -0.4 is 0 Å². The average molecular weight is 640 g/mol. The van der Waals surface area contributed by atoms with E-state index in [-0.39, 0.29) is 23.3 Å². The summed E-state index contributed by atoms with van der Waals surface area (Å²) in [4.78, 5) is 10.7. The summed E-state index contributed by atoms with van der Waals surface area (Å²) in [5.41, 5.74) is 6.06. The van der Waals surface area contributed by atoms with E-state index in [1.165, 1.54) is 10.8 Å². The Morgan fingerprint density at radius 1 is 0.440 bits per heavy atom. The van der Waals surface area contributed by atoms with Gasteiger partial charge in [-0.15, -0.1) is 0 Å². The lowest BCUT2D eigenvalue weighted by molar-refractivity contribution is 1.02. The zero-order valence-corrected chi connectivity index (χ0v) is 26.4. The van der Waals surface area contributed by atoms with Crippen LogP contribution in [-0.2, 0) is 0 Å². The fourth-order valence-electron chi connectivity index (χ4n) is 8.56. The maximum Gasteiger partial charge on any atom is 0.235 e. The van der Waals surface area contributed by atoms with Crippen LogP contribution >= 0.6 is 0 Å². The topological polar surface area (TPSA) is 35.1 Å². The molecule has 0 unspecified atom stereocenters. The van der Waals surface area contributed by atoms with E-state index in [0.717, 1.165) is 70.7 Å². The van der Waals surface area contributed by atoms with Crippen molar-refractivity contribution in [2.45, 2.75) is 0 Å². The van der Waals surface area contributed by atoms with Gasteiger partial charge in [-0.3, -0.25) is 4.57 Å². The minimum absolute atomic E-state index is 0.0388. The Bertz CT molecular complexity index is 3640. The van der Waals surface area contributed by atoms with Crippen molar-refractivity contribution in [3.05, 3.63) is 158 Å². The van der Waals surface area contributed by atoms with Crippen molar-refractivity contribution in [1.82, 2.24) is 18.9 Å². The number of rotatable bonds is 2. The molecule has 0 N–H and O–H groups in total. The highest BCUT2D eigenvalue weighted by Gasteiger charge is 2.27. The van der Waals surface area contributed by atoms with Crippen molar-refractivity contribution in [2.75, 3.05) is 0 Å². The minimum Gasteiger partial charge on any atom is -0.306 e. The highest BCUT2D eigenvalue weighted by atomic mass is 15.2. The van der Waals surface area contributed by atoms with E-state index >= 15 is 0 Å². The first kappa shape index (κ1) is 22.0. The highest BCUT2D eigenvalue weighted by molar-refractivity contribution is 6.38. The largest absolute Gasteiger partial charge is 0.306 e. The molecule has 12 aromatic rings. The Hall–Kier alpha value is -6.78. The van der Waals surface area contributed by atoms with Crippen LogP contribution in [0.25, 0.3) is 110 Å². The number of aromatic nitrogens is 4. The normalized spacial score (nSPS) is 13.8. The number of benzene rings is 8. The molecule has 230 valence electrons. The molecular formula is C46H26N4. The van der Waals surface area contributed by atoms with E-state index in [2.05, 4.69) is 93.9 Å². The zero-order valence-electron chi connectivity index (χ0n) is 31.4. The van der Waals surface area contributed by atoms with Crippen molar-refractivity contribution >= 4 is 92.3 Å². The second kappa shape index (κ2) is 9.43. The molecule has 0 fully saturated rings. The summed E-state index contributed by atoms with van der Waals surface area (Å²) in [6, 6.07) is 41.9. The van der Waals surface area contributed by atoms with Gasteiger partial charge in [0.2, 0.25) is 5.95 Å². The summed E-state index contributed by atoms with van der Waals surface area (Å²) >= 11 is 0. The number of para-hydroxylation sites is 3. The molecule has 8 aromatic carbocycles. The molecule has 0 aliphatic heterocycles. The van der Waals surface area contributed by atoms with Gasteiger partial charge in [-0.2, -0.15) is 0 Å². The molecule has 0 bridgehead atoms. The van der Waals surface area contributed by atoms with Gasteiger partial charge in [0.15, 0.2) is 0 Å². The van der Waals surface area contributed by atoms with E-state index in [4.69, 9.17) is 16.8 Å². The van der Waals surface area contributed by atoms with Crippen molar-refractivity contribution in [3.63, 3.8) is 0 Å². The lowest BCUT2D eigenvalue weighted by atomic mass is 9.98. The highest BCUT2D eigenvalue weighted by Crippen LogP contribution is 2.48. The van der Waals surface area contributed by atoms with Gasteiger partial charge in [0.1, 0.15) is 0 Å². The van der Waals surface area contributed by atoms with Gasteiger partial charge in [0.25, 0.3) is 0 Å². The predicted molar refractivity (Wildman–Crippen MR) is 209 cm³/mol. The van der Waals surface area contributed by atoms with E-state index in [0.29, 0.717) is 16.9 Å². The van der Waals surface area contributed by atoms with Crippen molar-refractivity contribution < 1.29 is 6.85 Å². The van der Waals surface area contributed by atoms with E-state index in [9.17, 15) is 0 Å². The first-order valence-electron chi connectivity index (χ1n) is 19.2. The molecule has 0 atom stereocenters. The molecular weight excluding hydrogens is 609 g/mol. The van der Waals surface area contributed by atoms with Gasteiger partial charge in [0, 0.05) is 48.7 Å². The van der Waals surface area contributed by atoms with Crippen LogP contribution in [0.2, 0.25) is 0 Å². The standard InChI is InChI=1S/C46H26N4/c1-2-14-28(15-3-1)41-36-26-25-27-13-4-5-16-29(27)42(36)48-46(47-41)50-38-24-11-9-20-34(38)39-31-18-6-7-19-32(31)40-35-22-12-21-33-30-17-8-10-23-37(30)49(43(33)35)44(40)45(39)50/h1-26H/i1D,2D,3D,14D,15D. The summed E-state index contributed by atoms with van der Waals surface area (Å²) in [7, 11) is 0. The molecule has 0 saturated carbocycles. The predicted octanol–water partition coefficient (Wildman–Crippen LogP) is 11.9. The zero-order chi connectivity index (χ0) is 36.9. The summed E-state index contributed by atoms with van der Waals surface area (Å²) < 4.78 is 48.2. The van der Waals surface area contributed by atoms with Gasteiger partial charge >= 0.3 is 0 Å². The van der Waals surface area contributed by atoms with Gasteiger partial charge in [-0.1, -0.05) is 139 Å². The van der Waals surface area contributed by atoms with Crippen LogP contribution in [0, 0.1) is 0 Å². The van der Waals surface area contributed by atoms with Gasteiger partial charge in [-0.25, -0.2) is 9.97 Å². The SMILES string of the molecule is [2H]c1c([2H])c([2H])c(-c2nc(-n3c4ccccc4c4c5ccccc5c5c6cccc7c8ccccc8n(c76)c5c43)nc3c2ccc2ccccc23)c([2H])c1[2H]. The smallest absolute Gasteiger partial charge is 0.235 e. The molecule has 50 heavy (non-hydrogen) atoms. The number of hydrogen-bond donors (Lipinski definition) is 0. The van der Waals surface area contributed by atoms with Crippen molar-refractivity contribution in [2.24, 2.45) is 0 Å². The van der Waals surface area contributed by atoms with Crippen LogP contribution in [0.15, 0.2) is 158 Å². The third-order valence-electron chi connectivity index (χ3n) is 10.5. The Morgan fingerprint density at radius 2 is 1.08 bits per heavy atom. The Kier molecular flexibility index (Phi) is 4.14. The molecule has 4 nitrogen and oxygen atoms in total. The molecule has 4 heterocycles. The maximum atomic E-state index is 9.06. The molecule has 4 aromatic heterocycles. The lowest BCUT2D eigenvalue weighted by Gasteiger charge is -2.14. The number of fused-ring (bicyclic) bond motifs is 16. The summed E-state index contributed by atoms with van der Waals surface area (Å²) in [5, 5.41) is 11.4. The second-order valence-corrected chi connectivity index (χ2v) is 13.0.